The Kier molecular flexibility index (Phi) is 4.47. The van der Waals surface area contributed by atoms with Crippen molar-refractivity contribution in [3.63, 3.8) is 0 Å². The molecule has 2 aromatic rings. The maximum absolute atomic E-state index is 11.6. The van der Waals surface area contributed by atoms with Crippen molar-refractivity contribution in [1.29, 1.82) is 0 Å². The first-order chi connectivity index (χ1) is 8.84. The van der Waals surface area contributed by atoms with Gasteiger partial charge >= 0.3 is 5.97 Å². The van der Waals surface area contributed by atoms with Gasteiger partial charge in [-0.2, -0.15) is 0 Å². The third-order valence-electron chi connectivity index (χ3n) is 2.54. The van der Waals surface area contributed by atoms with Crippen molar-refractivity contribution >= 4 is 5.97 Å². The summed E-state index contributed by atoms with van der Waals surface area (Å²) in [6.45, 7) is 0.378. The third kappa shape index (κ3) is 4.01. The highest BCUT2D eigenvalue weighted by Crippen LogP contribution is 2.01. The smallest absolute Gasteiger partial charge is 0.310 e. The summed E-state index contributed by atoms with van der Waals surface area (Å²) in [6, 6.07) is 15.3. The molecule has 0 atom stereocenters. The lowest BCUT2D eigenvalue weighted by Gasteiger charge is -2.04. The average Bonchev–Trinajstić information content (AvgIpc) is 2.41. The van der Waals surface area contributed by atoms with Gasteiger partial charge in [0.1, 0.15) is 0 Å². The number of rotatable bonds is 5. The first-order valence-corrected chi connectivity index (χ1v) is 5.94. The molecule has 0 bridgehead atoms. The van der Waals surface area contributed by atoms with E-state index in [1.54, 1.807) is 6.20 Å². The SMILES string of the molecule is O=C(Cc1ccccc1)OCCc1ccccn1. The van der Waals surface area contributed by atoms with Gasteiger partial charge in [-0.15, -0.1) is 0 Å². The first-order valence-electron chi connectivity index (χ1n) is 5.94. The van der Waals surface area contributed by atoms with Crippen LogP contribution < -0.4 is 0 Å². The van der Waals surface area contributed by atoms with Crippen LogP contribution in [0.2, 0.25) is 0 Å². The summed E-state index contributed by atoms with van der Waals surface area (Å²) >= 11 is 0. The lowest BCUT2D eigenvalue weighted by Crippen LogP contribution is -2.10. The van der Waals surface area contributed by atoms with E-state index in [0.29, 0.717) is 19.4 Å². The van der Waals surface area contributed by atoms with Gasteiger partial charge < -0.3 is 4.74 Å². The minimum atomic E-state index is -0.197. The van der Waals surface area contributed by atoms with E-state index in [2.05, 4.69) is 4.98 Å². The third-order valence-corrected chi connectivity index (χ3v) is 2.54. The van der Waals surface area contributed by atoms with Crippen LogP contribution in [0.25, 0.3) is 0 Å². The van der Waals surface area contributed by atoms with Crippen molar-refractivity contribution in [2.75, 3.05) is 6.61 Å². The monoisotopic (exact) mass is 241 g/mol. The number of aromatic nitrogens is 1. The molecular formula is C15H15NO2. The normalized spacial score (nSPS) is 10.0. The summed E-state index contributed by atoms with van der Waals surface area (Å²) in [4.78, 5) is 15.7. The molecule has 0 aliphatic carbocycles. The summed E-state index contributed by atoms with van der Waals surface area (Å²) in [5, 5.41) is 0. The molecule has 18 heavy (non-hydrogen) atoms. The van der Waals surface area contributed by atoms with E-state index >= 15 is 0 Å². The van der Waals surface area contributed by atoms with Gasteiger partial charge in [-0.25, -0.2) is 0 Å². The van der Waals surface area contributed by atoms with Crippen LogP contribution in [0.5, 0.6) is 0 Å². The molecular weight excluding hydrogens is 226 g/mol. The molecule has 0 saturated carbocycles. The highest BCUT2D eigenvalue weighted by molar-refractivity contribution is 5.72. The average molecular weight is 241 g/mol. The van der Waals surface area contributed by atoms with Crippen LogP contribution in [0.15, 0.2) is 54.7 Å². The van der Waals surface area contributed by atoms with Gasteiger partial charge in [0.05, 0.1) is 13.0 Å². The predicted octanol–water partition coefficient (Wildman–Crippen LogP) is 2.41. The minimum Gasteiger partial charge on any atom is -0.465 e. The lowest BCUT2D eigenvalue weighted by molar-refractivity contribution is -0.142. The Bertz CT molecular complexity index is 482. The van der Waals surface area contributed by atoms with E-state index in [4.69, 9.17) is 4.74 Å². The molecule has 0 fully saturated rings. The molecule has 0 radical (unpaired) electrons. The van der Waals surface area contributed by atoms with Crippen molar-refractivity contribution < 1.29 is 9.53 Å². The van der Waals surface area contributed by atoms with Crippen LogP contribution in [-0.2, 0) is 22.4 Å². The topological polar surface area (TPSA) is 39.2 Å². The number of hydrogen-bond donors (Lipinski definition) is 0. The van der Waals surface area contributed by atoms with E-state index in [1.165, 1.54) is 0 Å². The Balaban J connectivity index is 1.73. The molecule has 0 aliphatic rings. The van der Waals surface area contributed by atoms with Crippen molar-refractivity contribution in [2.24, 2.45) is 0 Å². The molecule has 0 aliphatic heterocycles. The molecule has 1 aromatic carbocycles. The van der Waals surface area contributed by atoms with Crippen LogP contribution in [0.3, 0.4) is 0 Å². The van der Waals surface area contributed by atoms with Gasteiger partial charge in [0.15, 0.2) is 0 Å². The van der Waals surface area contributed by atoms with Crippen molar-refractivity contribution in [1.82, 2.24) is 4.98 Å². The number of benzene rings is 1. The summed E-state index contributed by atoms with van der Waals surface area (Å²) in [5.74, 6) is -0.197. The van der Waals surface area contributed by atoms with Gasteiger partial charge in [-0.1, -0.05) is 36.4 Å². The summed E-state index contributed by atoms with van der Waals surface area (Å²) in [6.07, 6.45) is 2.71. The zero-order valence-electron chi connectivity index (χ0n) is 10.1. The molecule has 3 nitrogen and oxygen atoms in total. The first kappa shape index (κ1) is 12.3. The maximum Gasteiger partial charge on any atom is 0.310 e. The molecule has 0 spiro atoms. The Labute approximate surface area is 106 Å². The zero-order valence-corrected chi connectivity index (χ0v) is 10.1. The van der Waals surface area contributed by atoms with Crippen molar-refractivity contribution in [3.05, 3.63) is 66.0 Å². The largest absolute Gasteiger partial charge is 0.465 e. The van der Waals surface area contributed by atoms with Crippen LogP contribution >= 0.6 is 0 Å². The number of pyridine rings is 1. The maximum atomic E-state index is 11.6. The van der Waals surface area contributed by atoms with Crippen LogP contribution in [-0.4, -0.2) is 17.6 Å². The standard InChI is InChI=1S/C15H15NO2/c17-15(12-13-6-2-1-3-7-13)18-11-9-14-8-4-5-10-16-14/h1-8,10H,9,11-12H2. The molecule has 0 saturated heterocycles. The van der Waals surface area contributed by atoms with Crippen LogP contribution in [0.4, 0.5) is 0 Å². The Morgan fingerprint density at radius 2 is 1.83 bits per heavy atom. The zero-order chi connectivity index (χ0) is 12.6. The fourth-order valence-corrected chi connectivity index (χ4v) is 1.63. The van der Waals surface area contributed by atoms with E-state index in [0.717, 1.165) is 11.3 Å². The Morgan fingerprint density at radius 1 is 1.06 bits per heavy atom. The second-order valence-corrected chi connectivity index (χ2v) is 3.95. The predicted molar refractivity (Wildman–Crippen MR) is 69.0 cm³/mol. The van der Waals surface area contributed by atoms with Crippen LogP contribution in [0.1, 0.15) is 11.3 Å². The molecule has 92 valence electrons. The van der Waals surface area contributed by atoms with Gasteiger partial charge in [0.2, 0.25) is 0 Å². The number of nitrogens with zero attached hydrogens (tertiary/aromatic N) is 1. The summed E-state index contributed by atoms with van der Waals surface area (Å²) in [7, 11) is 0. The Morgan fingerprint density at radius 3 is 2.56 bits per heavy atom. The van der Waals surface area contributed by atoms with Crippen molar-refractivity contribution in [3.8, 4) is 0 Å². The molecule has 0 amide bonds. The van der Waals surface area contributed by atoms with Gasteiger partial charge in [-0.3, -0.25) is 9.78 Å². The number of ether oxygens (including phenoxy) is 1. The van der Waals surface area contributed by atoms with Crippen LogP contribution in [0, 0.1) is 0 Å². The number of carbonyl (C=O) groups excluding carboxylic acids is 1. The van der Waals surface area contributed by atoms with Gasteiger partial charge in [-0.05, 0) is 17.7 Å². The second kappa shape index (κ2) is 6.55. The van der Waals surface area contributed by atoms with Gasteiger partial charge in [0, 0.05) is 18.3 Å². The summed E-state index contributed by atoms with van der Waals surface area (Å²) in [5.41, 5.74) is 1.91. The molecule has 3 heteroatoms. The molecule has 0 unspecified atom stereocenters. The molecule has 1 aromatic heterocycles. The number of carbonyl (C=O) groups is 1. The molecule has 0 N–H and O–H groups in total. The number of esters is 1. The van der Waals surface area contributed by atoms with Gasteiger partial charge in [0.25, 0.3) is 0 Å². The molecule has 2 rings (SSSR count). The Hall–Kier alpha value is -2.16. The van der Waals surface area contributed by atoms with E-state index < -0.39 is 0 Å². The highest BCUT2D eigenvalue weighted by atomic mass is 16.5. The minimum absolute atomic E-state index is 0.197. The summed E-state index contributed by atoms with van der Waals surface area (Å²) < 4.78 is 5.17. The number of hydrogen-bond acceptors (Lipinski definition) is 3. The van der Waals surface area contributed by atoms with E-state index in [9.17, 15) is 4.79 Å². The fourth-order valence-electron chi connectivity index (χ4n) is 1.63. The van der Waals surface area contributed by atoms with E-state index in [-0.39, 0.29) is 5.97 Å². The molecule has 1 heterocycles. The van der Waals surface area contributed by atoms with E-state index in [1.807, 2.05) is 48.5 Å². The van der Waals surface area contributed by atoms with Crippen molar-refractivity contribution in [2.45, 2.75) is 12.8 Å². The highest BCUT2D eigenvalue weighted by Gasteiger charge is 2.04. The second-order valence-electron chi connectivity index (χ2n) is 3.95. The lowest BCUT2D eigenvalue weighted by atomic mass is 10.2. The fraction of sp³-hybridized carbons (Fsp3) is 0.200. The quantitative estimate of drug-likeness (QED) is 0.755.